The van der Waals surface area contributed by atoms with E-state index in [2.05, 4.69) is 33.8 Å². The zero-order valence-corrected chi connectivity index (χ0v) is 14.1. The van der Waals surface area contributed by atoms with E-state index in [4.69, 9.17) is 0 Å². The number of benzene rings is 1. The molecule has 2 aromatic rings. The Hall–Kier alpha value is -0.170. The van der Waals surface area contributed by atoms with E-state index in [1.165, 1.54) is 17.5 Å². The van der Waals surface area contributed by atoms with Crippen LogP contribution < -0.4 is 10.6 Å². The quantitative estimate of drug-likeness (QED) is 0.816. The second-order valence-corrected chi connectivity index (χ2v) is 5.19. The fourth-order valence-electron chi connectivity index (χ4n) is 2.07. The third-order valence-electron chi connectivity index (χ3n) is 2.96. The van der Waals surface area contributed by atoms with Gasteiger partial charge >= 0.3 is 0 Å². The molecule has 0 saturated carbocycles. The zero-order valence-electron chi connectivity index (χ0n) is 9.89. The molecule has 0 unspecified atom stereocenters. The number of nitrogens with zero attached hydrogens (tertiary/aromatic N) is 1. The lowest BCUT2D eigenvalue weighted by molar-refractivity contribution is 0.479. The van der Waals surface area contributed by atoms with E-state index in [9.17, 15) is 0 Å². The van der Waals surface area contributed by atoms with Crippen LogP contribution in [0.2, 0.25) is 0 Å². The zero-order chi connectivity index (χ0) is 10.8. The number of rotatable bonds is 2. The van der Waals surface area contributed by atoms with Gasteiger partial charge in [-0.05, 0) is 38.1 Å². The van der Waals surface area contributed by atoms with Gasteiger partial charge in [0.1, 0.15) is 0 Å². The van der Waals surface area contributed by atoms with Crippen molar-refractivity contribution in [3.63, 3.8) is 0 Å². The fourth-order valence-corrected chi connectivity index (χ4v) is 3.02. The summed E-state index contributed by atoms with van der Waals surface area (Å²) in [5.41, 5.74) is 1.10. The molecule has 2 heterocycles. The van der Waals surface area contributed by atoms with E-state index in [-0.39, 0.29) is 34.0 Å². The lowest BCUT2D eigenvalue weighted by atomic mass is 10.1. The first-order valence-corrected chi connectivity index (χ1v) is 6.56. The first-order chi connectivity index (χ1) is 7.92. The van der Waals surface area contributed by atoms with Gasteiger partial charge in [0.05, 0.1) is 10.2 Å². The van der Waals surface area contributed by atoms with Crippen molar-refractivity contribution in [1.29, 1.82) is 0 Å². The molecule has 1 aliphatic heterocycles. The van der Waals surface area contributed by atoms with Crippen molar-refractivity contribution in [2.24, 2.45) is 0 Å². The lowest BCUT2D eigenvalue weighted by Gasteiger charge is -2.23. The summed E-state index contributed by atoms with van der Waals surface area (Å²) in [6.45, 7) is 2.23. The Morgan fingerprint density at radius 1 is 1.17 bits per heavy atom. The first-order valence-electron chi connectivity index (χ1n) is 5.75. The third kappa shape index (κ3) is 3.66. The summed E-state index contributed by atoms with van der Waals surface area (Å²) >= 11 is 1.75. The molecule has 6 heteroatoms. The summed E-state index contributed by atoms with van der Waals surface area (Å²) < 4.78 is 1.26. The molecular formula is C12H17Br2N3S. The van der Waals surface area contributed by atoms with Crippen molar-refractivity contribution in [2.75, 3.05) is 18.4 Å². The predicted molar refractivity (Wildman–Crippen MR) is 89.8 cm³/mol. The number of thiazole rings is 1. The van der Waals surface area contributed by atoms with Crippen LogP contribution in [0.5, 0.6) is 0 Å². The summed E-state index contributed by atoms with van der Waals surface area (Å²) in [5.74, 6) is 0. The van der Waals surface area contributed by atoms with Gasteiger partial charge in [-0.2, -0.15) is 0 Å². The van der Waals surface area contributed by atoms with E-state index < -0.39 is 0 Å². The Balaban J connectivity index is 0.000000810. The highest BCUT2D eigenvalue weighted by molar-refractivity contribution is 8.93. The van der Waals surface area contributed by atoms with Crippen molar-refractivity contribution in [2.45, 2.75) is 18.9 Å². The molecule has 1 aromatic carbocycles. The molecule has 3 nitrogen and oxygen atoms in total. The standard InChI is InChI=1S/C12H15N3S.2BrH/c1-2-4-11-10(3-1)15-12(16-11)14-9-5-7-13-8-6-9;;/h1-4,9,13H,5-8H2,(H,14,15);2*1H. The highest BCUT2D eigenvalue weighted by atomic mass is 79.9. The van der Waals surface area contributed by atoms with Crippen LogP contribution in [0.1, 0.15) is 12.8 Å². The van der Waals surface area contributed by atoms with Crippen molar-refractivity contribution < 1.29 is 0 Å². The Morgan fingerprint density at radius 2 is 1.89 bits per heavy atom. The summed E-state index contributed by atoms with van der Waals surface area (Å²) in [4.78, 5) is 4.59. The summed E-state index contributed by atoms with van der Waals surface area (Å²) in [7, 11) is 0. The van der Waals surface area contributed by atoms with E-state index in [1.54, 1.807) is 11.3 Å². The predicted octanol–water partition coefficient (Wildman–Crippen LogP) is 3.62. The second kappa shape index (κ2) is 7.43. The largest absolute Gasteiger partial charge is 0.359 e. The molecule has 0 atom stereocenters. The van der Waals surface area contributed by atoms with Gasteiger partial charge in [-0.3, -0.25) is 0 Å². The number of hydrogen-bond donors (Lipinski definition) is 2. The van der Waals surface area contributed by atoms with E-state index in [0.29, 0.717) is 6.04 Å². The lowest BCUT2D eigenvalue weighted by Crippen LogP contribution is -2.35. The molecule has 18 heavy (non-hydrogen) atoms. The SMILES string of the molecule is Br.Br.c1ccc2sc(NC3CCNCC3)nc2c1. The van der Waals surface area contributed by atoms with Gasteiger partial charge in [-0.25, -0.2) is 4.98 Å². The average Bonchev–Trinajstić information content (AvgIpc) is 2.72. The van der Waals surface area contributed by atoms with Gasteiger partial charge in [0.25, 0.3) is 0 Å². The van der Waals surface area contributed by atoms with Gasteiger partial charge < -0.3 is 10.6 Å². The Morgan fingerprint density at radius 3 is 2.61 bits per heavy atom. The number of hydrogen-bond acceptors (Lipinski definition) is 4. The molecule has 100 valence electrons. The molecular weight excluding hydrogens is 378 g/mol. The number of fused-ring (bicyclic) bond motifs is 1. The van der Waals surface area contributed by atoms with Gasteiger partial charge in [0.2, 0.25) is 0 Å². The molecule has 1 aromatic heterocycles. The van der Waals surface area contributed by atoms with Crippen molar-refractivity contribution in [3.8, 4) is 0 Å². The maximum Gasteiger partial charge on any atom is 0.184 e. The van der Waals surface area contributed by atoms with Crippen LogP contribution in [0.4, 0.5) is 5.13 Å². The maximum atomic E-state index is 4.59. The molecule has 0 bridgehead atoms. The number of para-hydroxylation sites is 1. The monoisotopic (exact) mass is 393 g/mol. The van der Waals surface area contributed by atoms with Crippen LogP contribution in [0.25, 0.3) is 10.2 Å². The normalized spacial score (nSPS) is 15.8. The topological polar surface area (TPSA) is 37.0 Å². The number of nitrogens with one attached hydrogen (secondary N) is 2. The number of anilines is 1. The van der Waals surface area contributed by atoms with Crippen LogP contribution >= 0.6 is 45.3 Å². The molecule has 0 aliphatic carbocycles. The summed E-state index contributed by atoms with van der Waals surface area (Å²) in [5, 5.41) is 7.97. The Labute approximate surface area is 132 Å². The number of piperidine rings is 1. The molecule has 3 rings (SSSR count). The minimum Gasteiger partial charge on any atom is -0.359 e. The highest BCUT2D eigenvalue weighted by Crippen LogP contribution is 2.26. The average molecular weight is 395 g/mol. The second-order valence-electron chi connectivity index (χ2n) is 4.16. The molecule has 0 spiro atoms. The van der Waals surface area contributed by atoms with Crippen LogP contribution in [-0.2, 0) is 0 Å². The molecule has 0 radical (unpaired) electrons. The fraction of sp³-hybridized carbons (Fsp3) is 0.417. The minimum atomic E-state index is 0. The summed E-state index contributed by atoms with van der Waals surface area (Å²) in [6, 6.07) is 8.88. The van der Waals surface area contributed by atoms with E-state index >= 15 is 0 Å². The van der Waals surface area contributed by atoms with Crippen molar-refractivity contribution in [3.05, 3.63) is 24.3 Å². The third-order valence-corrected chi connectivity index (χ3v) is 3.93. The van der Waals surface area contributed by atoms with Crippen molar-refractivity contribution in [1.82, 2.24) is 10.3 Å². The molecule has 0 amide bonds. The van der Waals surface area contributed by atoms with E-state index in [0.717, 1.165) is 23.7 Å². The van der Waals surface area contributed by atoms with Crippen molar-refractivity contribution >= 4 is 60.6 Å². The molecule has 1 saturated heterocycles. The number of aromatic nitrogens is 1. The van der Waals surface area contributed by atoms with Crippen LogP contribution in [-0.4, -0.2) is 24.1 Å². The first kappa shape index (κ1) is 15.9. The van der Waals surface area contributed by atoms with Gasteiger partial charge in [0, 0.05) is 6.04 Å². The summed E-state index contributed by atoms with van der Waals surface area (Å²) in [6.07, 6.45) is 2.38. The minimum absolute atomic E-state index is 0. The smallest absolute Gasteiger partial charge is 0.184 e. The maximum absolute atomic E-state index is 4.59. The van der Waals surface area contributed by atoms with Crippen LogP contribution in [0.15, 0.2) is 24.3 Å². The van der Waals surface area contributed by atoms with Gasteiger partial charge in [0.15, 0.2) is 5.13 Å². The van der Waals surface area contributed by atoms with E-state index in [1.807, 2.05) is 6.07 Å². The van der Waals surface area contributed by atoms with Gasteiger partial charge in [-0.1, -0.05) is 23.5 Å². The number of halogens is 2. The van der Waals surface area contributed by atoms with Gasteiger partial charge in [-0.15, -0.1) is 34.0 Å². The molecule has 1 aliphatic rings. The molecule has 2 N–H and O–H groups in total. The molecule has 1 fully saturated rings. The highest BCUT2D eigenvalue weighted by Gasteiger charge is 2.14. The Kier molecular flexibility index (Phi) is 6.55. The van der Waals surface area contributed by atoms with Crippen LogP contribution in [0, 0.1) is 0 Å². The Bertz CT molecular complexity index is 450. The van der Waals surface area contributed by atoms with Crippen LogP contribution in [0.3, 0.4) is 0 Å².